The maximum absolute atomic E-state index is 12.0. The highest BCUT2D eigenvalue weighted by atomic mass is 16.3. The predicted octanol–water partition coefficient (Wildman–Crippen LogP) is -0.165. The number of carbonyl (C=O) groups is 1. The number of carbonyl (C=O) groups excluding carboxylic acids is 1. The van der Waals surface area contributed by atoms with Crippen molar-refractivity contribution >= 4 is 11.6 Å². The Labute approximate surface area is 93.4 Å². The standard InChI is InChI=1S/C10H16N4O2/c1-6-2-3-14(5-8(6)15)10(16)9-7(11)4-12-13-9/h4,6,8,15H,2-3,5,11H2,1H3,(H,12,13). The highest BCUT2D eigenvalue weighted by Crippen LogP contribution is 2.19. The number of amides is 1. The van der Waals surface area contributed by atoms with E-state index in [1.165, 1.54) is 6.20 Å². The van der Waals surface area contributed by atoms with E-state index in [1.807, 2.05) is 6.92 Å². The third kappa shape index (κ3) is 1.88. The van der Waals surface area contributed by atoms with Crippen molar-refractivity contribution in [1.29, 1.82) is 0 Å². The molecule has 1 aliphatic heterocycles. The average Bonchev–Trinajstić information content (AvgIpc) is 2.67. The number of aromatic amines is 1. The van der Waals surface area contributed by atoms with Crippen LogP contribution in [-0.2, 0) is 0 Å². The largest absolute Gasteiger partial charge is 0.396 e. The summed E-state index contributed by atoms with van der Waals surface area (Å²) in [6.07, 6.45) is 1.76. The number of piperidine rings is 1. The van der Waals surface area contributed by atoms with Crippen molar-refractivity contribution in [3.63, 3.8) is 0 Å². The molecule has 88 valence electrons. The molecule has 0 bridgehead atoms. The van der Waals surface area contributed by atoms with Crippen molar-refractivity contribution in [3.05, 3.63) is 11.9 Å². The topological polar surface area (TPSA) is 95.2 Å². The number of likely N-dealkylation sites (tertiary alicyclic amines) is 1. The molecule has 6 nitrogen and oxygen atoms in total. The van der Waals surface area contributed by atoms with Crippen molar-refractivity contribution < 1.29 is 9.90 Å². The van der Waals surface area contributed by atoms with Crippen molar-refractivity contribution in [2.45, 2.75) is 19.4 Å². The zero-order chi connectivity index (χ0) is 11.7. The summed E-state index contributed by atoms with van der Waals surface area (Å²) in [5, 5.41) is 16.0. The molecule has 1 saturated heterocycles. The molecule has 4 N–H and O–H groups in total. The molecule has 2 atom stereocenters. The first kappa shape index (κ1) is 10.9. The van der Waals surface area contributed by atoms with Crippen molar-refractivity contribution in [1.82, 2.24) is 15.1 Å². The summed E-state index contributed by atoms with van der Waals surface area (Å²) in [7, 11) is 0. The second-order valence-corrected chi connectivity index (χ2v) is 4.28. The number of H-pyrrole nitrogens is 1. The minimum absolute atomic E-state index is 0.194. The number of rotatable bonds is 1. The van der Waals surface area contributed by atoms with Crippen LogP contribution in [0.4, 0.5) is 5.69 Å². The van der Waals surface area contributed by atoms with Gasteiger partial charge < -0.3 is 15.7 Å². The van der Waals surface area contributed by atoms with Gasteiger partial charge in [-0.05, 0) is 12.3 Å². The monoisotopic (exact) mass is 224 g/mol. The van der Waals surface area contributed by atoms with Gasteiger partial charge in [0.1, 0.15) is 5.69 Å². The fourth-order valence-electron chi connectivity index (χ4n) is 1.86. The number of nitrogens with two attached hydrogens (primary N) is 1. The van der Waals surface area contributed by atoms with Gasteiger partial charge in [-0.3, -0.25) is 9.89 Å². The van der Waals surface area contributed by atoms with E-state index < -0.39 is 6.10 Å². The minimum atomic E-state index is -0.457. The molecule has 1 aromatic rings. The van der Waals surface area contributed by atoms with Gasteiger partial charge in [0.2, 0.25) is 0 Å². The molecule has 1 amide bonds. The van der Waals surface area contributed by atoms with Gasteiger partial charge in [-0.1, -0.05) is 6.92 Å². The minimum Gasteiger partial charge on any atom is -0.396 e. The van der Waals surface area contributed by atoms with E-state index in [-0.39, 0.29) is 11.8 Å². The van der Waals surface area contributed by atoms with Crippen molar-refractivity contribution in [2.24, 2.45) is 5.92 Å². The normalized spacial score (nSPS) is 25.8. The summed E-state index contributed by atoms with van der Waals surface area (Å²) < 4.78 is 0. The molecule has 0 spiro atoms. The third-order valence-electron chi connectivity index (χ3n) is 3.09. The van der Waals surface area contributed by atoms with Gasteiger partial charge in [0.25, 0.3) is 5.91 Å². The Morgan fingerprint density at radius 3 is 3.06 bits per heavy atom. The molecule has 2 rings (SSSR count). The lowest BCUT2D eigenvalue weighted by molar-refractivity contribution is 0.0246. The molecule has 6 heteroatoms. The molecule has 2 heterocycles. The van der Waals surface area contributed by atoms with Gasteiger partial charge in [-0.2, -0.15) is 5.10 Å². The second-order valence-electron chi connectivity index (χ2n) is 4.28. The fraction of sp³-hybridized carbons (Fsp3) is 0.600. The van der Waals surface area contributed by atoms with Crippen LogP contribution in [-0.4, -0.2) is 45.3 Å². The number of aliphatic hydroxyl groups excluding tert-OH is 1. The molecule has 0 radical (unpaired) electrons. The Balaban J connectivity index is 2.09. The van der Waals surface area contributed by atoms with Crippen molar-refractivity contribution in [2.75, 3.05) is 18.8 Å². The summed E-state index contributed by atoms with van der Waals surface area (Å²) in [4.78, 5) is 13.6. The van der Waals surface area contributed by atoms with E-state index in [0.29, 0.717) is 24.5 Å². The third-order valence-corrected chi connectivity index (χ3v) is 3.09. The fourth-order valence-corrected chi connectivity index (χ4v) is 1.86. The zero-order valence-corrected chi connectivity index (χ0v) is 9.18. The molecular weight excluding hydrogens is 208 g/mol. The summed E-state index contributed by atoms with van der Waals surface area (Å²) in [5.41, 5.74) is 6.26. The van der Waals surface area contributed by atoms with E-state index in [0.717, 1.165) is 6.42 Å². The molecule has 0 aromatic carbocycles. The number of hydrogen-bond donors (Lipinski definition) is 3. The Kier molecular flexibility index (Phi) is 2.82. The summed E-state index contributed by atoms with van der Waals surface area (Å²) in [6.45, 7) is 2.99. The highest BCUT2D eigenvalue weighted by molar-refractivity contribution is 5.97. The van der Waals surface area contributed by atoms with Crippen LogP contribution in [0.15, 0.2) is 6.20 Å². The Hall–Kier alpha value is -1.56. The number of hydrogen-bond acceptors (Lipinski definition) is 4. The molecule has 1 fully saturated rings. The zero-order valence-electron chi connectivity index (χ0n) is 9.18. The van der Waals surface area contributed by atoms with Gasteiger partial charge in [0.05, 0.1) is 18.0 Å². The van der Waals surface area contributed by atoms with E-state index in [9.17, 15) is 9.90 Å². The molecule has 1 aromatic heterocycles. The lowest BCUT2D eigenvalue weighted by Crippen LogP contribution is -2.46. The smallest absolute Gasteiger partial charge is 0.274 e. The maximum atomic E-state index is 12.0. The van der Waals surface area contributed by atoms with Gasteiger partial charge in [-0.25, -0.2) is 0 Å². The number of aliphatic hydroxyl groups is 1. The second kappa shape index (κ2) is 4.13. The Morgan fingerprint density at radius 2 is 2.50 bits per heavy atom. The summed E-state index contributed by atoms with van der Waals surface area (Å²) in [6, 6.07) is 0. The van der Waals surface area contributed by atoms with Gasteiger partial charge in [0.15, 0.2) is 0 Å². The average molecular weight is 224 g/mol. The van der Waals surface area contributed by atoms with E-state index in [1.54, 1.807) is 4.90 Å². The lowest BCUT2D eigenvalue weighted by Gasteiger charge is -2.34. The molecule has 1 aliphatic rings. The molecular formula is C10H16N4O2. The number of nitrogen functional groups attached to an aromatic ring is 1. The number of nitrogens with zero attached hydrogens (tertiary/aromatic N) is 2. The van der Waals surface area contributed by atoms with E-state index >= 15 is 0 Å². The highest BCUT2D eigenvalue weighted by Gasteiger charge is 2.29. The Bertz CT molecular complexity index is 390. The van der Waals surface area contributed by atoms with Gasteiger partial charge >= 0.3 is 0 Å². The van der Waals surface area contributed by atoms with Crippen molar-refractivity contribution in [3.8, 4) is 0 Å². The molecule has 0 saturated carbocycles. The van der Waals surface area contributed by atoms with E-state index in [2.05, 4.69) is 10.2 Å². The lowest BCUT2D eigenvalue weighted by atomic mass is 9.96. The molecule has 2 unspecified atom stereocenters. The van der Waals surface area contributed by atoms with Crippen LogP contribution in [0.1, 0.15) is 23.8 Å². The number of nitrogens with one attached hydrogen (secondary N) is 1. The number of aromatic nitrogens is 2. The quantitative estimate of drug-likeness (QED) is 0.617. The van der Waals surface area contributed by atoms with Crippen LogP contribution >= 0.6 is 0 Å². The Morgan fingerprint density at radius 1 is 1.75 bits per heavy atom. The number of anilines is 1. The summed E-state index contributed by atoms with van der Waals surface area (Å²) in [5.74, 6) is 0.0455. The van der Waals surface area contributed by atoms with Crippen LogP contribution in [0, 0.1) is 5.92 Å². The first-order valence-corrected chi connectivity index (χ1v) is 5.35. The SMILES string of the molecule is CC1CCN(C(=O)c2[nH]ncc2N)CC1O. The molecule has 0 aliphatic carbocycles. The van der Waals surface area contributed by atoms with Crippen LogP contribution in [0.2, 0.25) is 0 Å². The summed E-state index contributed by atoms with van der Waals surface area (Å²) >= 11 is 0. The first-order valence-electron chi connectivity index (χ1n) is 5.35. The predicted molar refractivity (Wildman–Crippen MR) is 58.7 cm³/mol. The number of β-amino-alcohol motifs (C(OH)–C–C–N with tert-alkyl or cyclic N) is 1. The molecule has 16 heavy (non-hydrogen) atoms. The first-order chi connectivity index (χ1) is 7.59. The van der Waals surface area contributed by atoms with Crippen LogP contribution in [0.5, 0.6) is 0 Å². The van der Waals surface area contributed by atoms with Gasteiger partial charge in [0, 0.05) is 13.1 Å². The van der Waals surface area contributed by atoms with Crippen LogP contribution < -0.4 is 5.73 Å². The maximum Gasteiger partial charge on any atom is 0.274 e. The van der Waals surface area contributed by atoms with Gasteiger partial charge in [-0.15, -0.1) is 0 Å². The van der Waals surface area contributed by atoms with Crippen LogP contribution in [0.3, 0.4) is 0 Å². The van der Waals surface area contributed by atoms with E-state index in [4.69, 9.17) is 5.73 Å². The van der Waals surface area contributed by atoms with Crippen LogP contribution in [0.25, 0.3) is 0 Å².